The van der Waals surface area contributed by atoms with Crippen molar-refractivity contribution < 1.29 is 0 Å². The van der Waals surface area contributed by atoms with Gasteiger partial charge in [-0.05, 0) is 31.4 Å². The standard InChI is InChI=1S/C12H21N3/c1-15-12(7-8-14-15)10-13-9-11-5-3-2-4-6-11/h7-8,11,13H,2-6,9-10H2,1H3. The van der Waals surface area contributed by atoms with E-state index in [9.17, 15) is 0 Å². The highest BCUT2D eigenvalue weighted by Gasteiger charge is 2.12. The molecule has 1 fully saturated rings. The molecule has 1 heterocycles. The second-order valence-electron chi connectivity index (χ2n) is 4.58. The smallest absolute Gasteiger partial charge is 0.0518 e. The van der Waals surface area contributed by atoms with Crippen molar-refractivity contribution in [2.75, 3.05) is 6.54 Å². The largest absolute Gasteiger partial charge is 0.311 e. The van der Waals surface area contributed by atoms with Crippen molar-refractivity contribution in [1.29, 1.82) is 0 Å². The monoisotopic (exact) mass is 207 g/mol. The lowest BCUT2D eigenvalue weighted by atomic mass is 9.89. The van der Waals surface area contributed by atoms with Crippen molar-refractivity contribution in [2.45, 2.75) is 38.6 Å². The van der Waals surface area contributed by atoms with Crippen LogP contribution in [0, 0.1) is 5.92 Å². The average Bonchev–Trinajstić information content (AvgIpc) is 2.66. The SMILES string of the molecule is Cn1nccc1CNCC1CCCCC1. The van der Waals surface area contributed by atoms with Gasteiger partial charge in [-0.3, -0.25) is 4.68 Å². The van der Waals surface area contributed by atoms with Crippen LogP contribution in [-0.4, -0.2) is 16.3 Å². The van der Waals surface area contributed by atoms with Crippen LogP contribution in [0.4, 0.5) is 0 Å². The number of nitrogens with one attached hydrogen (secondary N) is 1. The molecule has 1 aromatic rings. The van der Waals surface area contributed by atoms with Crippen LogP contribution in [0.1, 0.15) is 37.8 Å². The van der Waals surface area contributed by atoms with Crippen molar-refractivity contribution in [2.24, 2.45) is 13.0 Å². The Morgan fingerprint density at radius 1 is 1.40 bits per heavy atom. The molecule has 0 atom stereocenters. The quantitative estimate of drug-likeness (QED) is 0.819. The van der Waals surface area contributed by atoms with Gasteiger partial charge in [-0.15, -0.1) is 0 Å². The number of rotatable bonds is 4. The van der Waals surface area contributed by atoms with E-state index >= 15 is 0 Å². The Labute approximate surface area is 91.9 Å². The first kappa shape index (κ1) is 10.7. The predicted molar refractivity (Wildman–Crippen MR) is 61.5 cm³/mol. The molecule has 0 unspecified atom stereocenters. The molecule has 3 heteroatoms. The van der Waals surface area contributed by atoms with Crippen LogP contribution in [-0.2, 0) is 13.6 Å². The Hall–Kier alpha value is -0.830. The summed E-state index contributed by atoms with van der Waals surface area (Å²) in [5, 5.41) is 7.70. The van der Waals surface area contributed by atoms with Crippen molar-refractivity contribution in [1.82, 2.24) is 15.1 Å². The van der Waals surface area contributed by atoms with E-state index in [-0.39, 0.29) is 0 Å². The highest BCUT2D eigenvalue weighted by atomic mass is 15.3. The zero-order valence-electron chi connectivity index (χ0n) is 9.58. The number of aromatic nitrogens is 2. The van der Waals surface area contributed by atoms with E-state index < -0.39 is 0 Å². The average molecular weight is 207 g/mol. The molecule has 0 radical (unpaired) electrons. The van der Waals surface area contributed by atoms with Gasteiger partial charge in [0.1, 0.15) is 0 Å². The van der Waals surface area contributed by atoms with Gasteiger partial charge in [0, 0.05) is 19.8 Å². The molecule has 1 saturated carbocycles. The molecule has 0 amide bonds. The maximum Gasteiger partial charge on any atom is 0.0518 e. The minimum absolute atomic E-state index is 0.909. The number of hydrogen-bond acceptors (Lipinski definition) is 2. The van der Waals surface area contributed by atoms with E-state index in [1.54, 1.807) is 0 Å². The van der Waals surface area contributed by atoms with Gasteiger partial charge in [-0.2, -0.15) is 5.10 Å². The molecule has 84 valence electrons. The molecule has 1 aliphatic rings. The molecule has 1 aliphatic carbocycles. The molecule has 0 aliphatic heterocycles. The van der Waals surface area contributed by atoms with Crippen LogP contribution in [0.2, 0.25) is 0 Å². The van der Waals surface area contributed by atoms with Gasteiger partial charge < -0.3 is 5.32 Å². The van der Waals surface area contributed by atoms with Gasteiger partial charge in [-0.1, -0.05) is 19.3 Å². The molecular formula is C12H21N3. The minimum atomic E-state index is 0.909. The highest BCUT2D eigenvalue weighted by Crippen LogP contribution is 2.22. The Morgan fingerprint density at radius 2 is 2.20 bits per heavy atom. The summed E-state index contributed by atoms with van der Waals surface area (Å²) in [5.41, 5.74) is 1.27. The van der Waals surface area contributed by atoms with Crippen LogP contribution >= 0.6 is 0 Å². The Balaban J connectivity index is 1.68. The fourth-order valence-electron chi connectivity index (χ4n) is 2.37. The van der Waals surface area contributed by atoms with Gasteiger partial charge >= 0.3 is 0 Å². The van der Waals surface area contributed by atoms with E-state index in [2.05, 4.69) is 16.5 Å². The molecule has 1 N–H and O–H groups in total. The second-order valence-corrected chi connectivity index (χ2v) is 4.58. The molecule has 0 aromatic carbocycles. The summed E-state index contributed by atoms with van der Waals surface area (Å²) in [6.45, 7) is 2.12. The number of hydrogen-bond donors (Lipinski definition) is 1. The summed E-state index contributed by atoms with van der Waals surface area (Å²) >= 11 is 0. The molecule has 2 rings (SSSR count). The van der Waals surface area contributed by atoms with Crippen molar-refractivity contribution in [3.05, 3.63) is 18.0 Å². The zero-order chi connectivity index (χ0) is 10.5. The first-order chi connectivity index (χ1) is 7.36. The number of aryl methyl sites for hydroxylation is 1. The molecule has 0 bridgehead atoms. The normalized spacial score (nSPS) is 18.2. The second kappa shape index (κ2) is 5.31. The van der Waals surface area contributed by atoms with Crippen molar-refractivity contribution in [3.8, 4) is 0 Å². The first-order valence-corrected chi connectivity index (χ1v) is 6.04. The topological polar surface area (TPSA) is 29.9 Å². The third-order valence-electron chi connectivity index (χ3n) is 3.39. The third-order valence-corrected chi connectivity index (χ3v) is 3.39. The van der Waals surface area contributed by atoms with E-state index in [4.69, 9.17) is 0 Å². The zero-order valence-corrected chi connectivity index (χ0v) is 9.58. The van der Waals surface area contributed by atoms with Crippen LogP contribution in [0.15, 0.2) is 12.3 Å². The highest BCUT2D eigenvalue weighted by molar-refractivity contribution is 4.99. The van der Waals surface area contributed by atoms with Gasteiger partial charge in [0.25, 0.3) is 0 Å². The summed E-state index contributed by atoms with van der Waals surface area (Å²) < 4.78 is 1.94. The van der Waals surface area contributed by atoms with Gasteiger partial charge in [0.05, 0.1) is 5.69 Å². The summed E-state index contributed by atoms with van der Waals surface area (Å²) in [6.07, 6.45) is 8.99. The maximum absolute atomic E-state index is 4.16. The van der Waals surface area contributed by atoms with Crippen LogP contribution in [0.25, 0.3) is 0 Å². The first-order valence-electron chi connectivity index (χ1n) is 6.04. The fraction of sp³-hybridized carbons (Fsp3) is 0.750. The fourth-order valence-corrected chi connectivity index (χ4v) is 2.37. The van der Waals surface area contributed by atoms with Crippen molar-refractivity contribution in [3.63, 3.8) is 0 Å². The summed E-state index contributed by atoms with van der Waals surface area (Å²) in [6, 6.07) is 2.08. The molecule has 0 saturated heterocycles. The molecule has 0 spiro atoms. The van der Waals surface area contributed by atoms with E-state index in [1.165, 1.54) is 44.3 Å². The van der Waals surface area contributed by atoms with Crippen LogP contribution < -0.4 is 5.32 Å². The van der Waals surface area contributed by atoms with Gasteiger partial charge in [0.2, 0.25) is 0 Å². The Bertz CT molecular complexity index is 287. The molecule has 15 heavy (non-hydrogen) atoms. The molecule has 3 nitrogen and oxygen atoms in total. The van der Waals surface area contributed by atoms with Crippen LogP contribution in [0.3, 0.4) is 0 Å². The Kier molecular flexibility index (Phi) is 3.78. The van der Waals surface area contributed by atoms with Crippen molar-refractivity contribution >= 4 is 0 Å². The lowest BCUT2D eigenvalue weighted by Crippen LogP contribution is -2.25. The summed E-state index contributed by atoms with van der Waals surface area (Å²) in [7, 11) is 2.00. The lowest BCUT2D eigenvalue weighted by molar-refractivity contribution is 0.340. The van der Waals surface area contributed by atoms with E-state index in [1.807, 2.05) is 17.9 Å². The predicted octanol–water partition coefficient (Wildman–Crippen LogP) is 2.09. The maximum atomic E-state index is 4.16. The summed E-state index contributed by atoms with van der Waals surface area (Å²) in [5.74, 6) is 0.909. The van der Waals surface area contributed by atoms with Gasteiger partial charge in [-0.25, -0.2) is 0 Å². The van der Waals surface area contributed by atoms with Gasteiger partial charge in [0.15, 0.2) is 0 Å². The van der Waals surface area contributed by atoms with E-state index in [0.717, 1.165) is 12.5 Å². The van der Waals surface area contributed by atoms with Crippen LogP contribution in [0.5, 0.6) is 0 Å². The third kappa shape index (κ3) is 3.06. The minimum Gasteiger partial charge on any atom is -0.311 e. The molecular weight excluding hydrogens is 186 g/mol. The number of nitrogens with zero attached hydrogens (tertiary/aromatic N) is 2. The lowest BCUT2D eigenvalue weighted by Gasteiger charge is -2.21. The molecule has 1 aromatic heterocycles. The van der Waals surface area contributed by atoms with E-state index in [0.29, 0.717) is 0 Å². The Morgan fingerprint density at radius 3 is 2.87 bits per heavy atom. The summed E-state index contributed by atoms with van der Waals surface area (Å²) in [4.78, 5) is 0.